The summed E-state index contributed by atoms with van der Waals surface area (Å²) in [5, 5.41) is 0.849. The summed E-state index contributed by atoms with van der Waals surface area (Å²) in [6.07, 6.45) is 3.91. The number of fused-ring (bicyclic) bond motifs is 3. The fraction of sp³-hybridized carbons (Fsp3) is 0.361. The Morgan fingerprint density at radius 3 is 2.39 bits per heavy atom. The van der Waals surface area contributed by atoms with Crippen molar-refractivity contribution in [3.05, 3.63) is 104 Å². The van der Waals surface area contributed by atoms with Crippen LogP contribution in [0.25, 0.3) is 0 Å². The smallest absolute Gasteiger partial charge is 0.415 e. The van der Waals surface area contributed by atoms with Gasteiger partial charge in [0.1, 0.15) is 40.0 Å². The first-order valence-electron chi connectivity index (χ1n) is 15.9. The zero-order valence-electron chi connectivity index (χ0n) is 27.4. The number of aromatic nitrogens is 1. The number of aryl methyl sites for hydroxylation is 1. The summed E-state index contributed by atoms with van der Waals surface area (Å²) < 4.78 is 39.8. The van der Waals surface area contributed by atoms with Crippen LogP contribution in [-0.2, 0) is 29.5 Å². The highest BCUT2D eigenvalue weighted by atomic mass is 35.5. The standard InChI is InChI=1S/C36H37Cl2FN3O6S/c1-40-19-26(37)25(27(38)20-40)17-31(23-8-10-30(45-2)32(16-23)46-3)47-35(43)34-11-9-24(49-34)18-42(29-7-5-4-6-28(29)39)36(44)48-33-21-41-14-12-22(33)13-15-41/h4-11,16,19-20,22,31,33H,12-15,17-18,21H2,1-3H3/q+1/t31-,33-/m0/s1. The second-order valence-corrected chi connectivity index (χ2v) is 14.2. The van der Waals surface area contributed by atoms with Crippen LogP contribution in [-0.4, -0.2) is 56.9 Å². The number of thiophene rings is 1. The Bertz CT molecular complexity index is 1810. The molecule has 4 aromatic rings. The maximum atomic E-state index is 15.1. The SMILES string of the molecule is COc1ccc([C@H](Cc2c(Cl)c[n+](C)cc2Cl)OC(=O)c2ccc(CN(C(=O)O[C@H]3CN4CCC3CC4)c3ccccc3F)s2)cc1OC. The number of anilines is 1. The lowest BCUT2D eigenvalue weighted by molar-refractivity contribution is -0.671. The predicted molar refractivity (Wildman–Crippen MR) is 185 cm³/mol. The molecule has 3 aliphatic heterocycles. The number of hydrogen-bond acceptors (Lipinski definition) is 8. The molecule has 5 heterocycles. The van der Waals surface area contributed by atoms with Crippen LogP contribution in [0.3, 0.4) is 0 Å². The van der Waals surface area contributed by atoms with E-state index in [1.54, 1.807) is 65.5 Å². The molecule has 7 rings (SSSR count). The van der Waals surface area contributed by atoms with Gasteiger partial charge >= 0.3 is 12.1 Å². The highest BCUT2D eigenvalue weighted by molar-refractivity contribution is 7.14. The Balaban J connectivity index is 1.24. The Hall–Kier alpha value is -3.90. The third-order valence-corrected chi connectivity index (χ3v) is 10.7. The van der Waals surface area contributed by atoms with Gasteiger partial charge in [0.2, 0.25) is 0 Å². The topological polar surface area (TPSA) is 81.4 Å². The van der Waals surface area contributed by atoms with Gasteiger partial charge in [0, 0.05) is 23.4 Å². The molecule has 258 valence electrons. The van der Waals surface area contributed by atoms with Gasteiger partial charge in [-0.15, -0.1) is 11.3 Å². The van der Waals surface area contributed by atoms with E-state index >= 15 is 4.39 Å². The van der Waals surface area contributed by atoms with Gasteiger partial charge in [0.05, 0.1) is 26.5 Å². The van der Waals surface area contributed by atoms with E-state index in [9.17, 15) is 9.59 Å². The lowest BCUT2D eigenvalue weighted by Crippen LogP contribution is -2.53. The molecule has 1 amide bonds. The van der Waals surface area contributed by atoms with Gasteiger partial charge in [-0.3, -0.25) is 9.80 Å². The Morgan fingerprint density at radius 2 is 1.73 bits per heavy atom. The minimum absolute atomic E-state index is 0.00414. The summed E-state index contributed by atoms with van der Waals surface area (Å²) in [4.78, 5) is 31.9. The van der Waals surface area contributed by atoms with E-state index < -0.39 is 24.0 Å². The molecule has 2 aromatic carbocycles. The summed E-state index contributed by atoms with van der Waals surface area (Å²) in [7, 11) is 4.88. The normalized spacial score (nSPS) is 18.9. The first-order valence-corrected chi connectivity index (χ1v) is 17.5. The third kappa shape index (κ3) is 7.96. The molecule has 0 radical (unpaired) electrons. The third-order valence-electron chi connectivity index (χ3n) is 9.02. The van der Waals surface area contributed by atoms with Crippen molar-refractivity contribution in [3.8, 4) is 11.5 Å². The molecule has 0 unspecified atom stereocenters. The van der Waals surface area contributed by atoms with Crippen molar-refractivity contribution in [1.29, 1.82) is 0 Å². The Morgan fingerprint density at radius 1 is 1.02 bits per heavy atom. The predicted octanol–water partition coefficient (Wildman–Crippen LogP) is 7.41. The van der Waals surface area contributed by atoms with E-state index in [-0.39, 0.29) is 24.8 Å². The minimum Gasteiger partial charge on any atom is -0.493 e. The zero-order chi connectivity index (χ0) is 34.7. The number of para-hydroxylation sites is 1. The van der Waals surface area contributed by atoms with Crippen molar-refractivity contribution >= 4 is 52.3 Å². The molecule has 3 fully saturated rings. The number of ether oxygens (including phenoxy) is 4. The zero-order valence-corrected chi connectivity index (χ0v) is 29.7. The van der Waals surface area contributed by atoms with Crippen LogP contribution in [0, 0.1) is 11.7 Å². The second-order valence-electron chi connectivity index (χ2n) is 12.2. The second kappa shape index (κ2) is 15.3. The molecule has 2 atom stereocenters. The molecular weight excluding hydrogens is 692 g/mol. The molecule has 0 spiro atoms. The largest absolute Gasteiger partial charge is 0.493 e. The molecule has 49 heavy (non-hydrogen) atoms. The number of methoxy groups -OCH3 is 2. The molecule has 2 bridgehead atoms. The van der Waals surface area contributed by atoms with Gasteiger partial charge in [-0.25, -0.2) is 18.5 Å². The number of nitrogens with zero attached hydrogens (tertiary/aromatic N) is 3. The van der Waals surface area contributed by atoms with Crippen molar-refractivity contribution < 1.29 is 37.5 Å². The molecule has 3 saturated heterocycles. The molecule has 0 N–H and O–H groups in total. The quantitative estimate of drug-likeness (QED) is 0.118. The summed E-state index contributed by atoms with van der Waals surface area (Å²) in [6.45, 7) is 2.68. The fourth-order valence-electron chi connectivity index (χ4n) is 6.40. The maximum absolute atomic E-state index is 15.1. The molecule has 0 saturated carbocycles. The van der Waals surface area contributed by atoms with Crippen molar-refractivity contribution in [2.75, 3.05) is 38.8 Å². The summed E-state index contributed by atoms with van der Waals surface area (Å²) in [5.74, 6) is 0.149. The number of halogens is 3. The van der Waals surface area contributed by atoms with Crippen LogP contribution < -0.4 is 18.9 Å². The highest BCUT2D eigenvalue weighted by Gasteiger charge is 2.38. The number of pyridine rings is 1. The van der Waals surface area contributed by atoms with Gasteiger partial charge in [-0.05, 0) is 73.8 Å². The number of hydrogen-bond donors (Lipinski definition) is 0. The van der Waals surface area contributed by atoms with E-state index in [0.717, 1.165) is 37.3 Å². The summed E-state index contributed by atoms with van der Waals surface area (Å²) in [5.41, 5.74) is 1.36. The highest BCUT2D eigenvalue weighted by Crippen LogP contribution is 2.36. The van der Waals surface area contributed by atoms with Crippen molar-refractivity contribution in [2.24, 2.45) is 13.0 Å². The van der Waals surface area contributed by atoms with Crippen LogP contribution in [0.2, 0.25) is 10.0 Å². The number of rotatable bonds is 11. The number of esters is 1. The molecule has 9 nitrogen and oxygen atoms in total. The summed E-state index contributed by atoms with van der Waals surface area (Å²) in [6, 6.07) is 14.7. The molecular formula is C36H37Cl2FN3O6S+. The lowest BCUT2D eigenvalue weighted by Gasteiger charge is -2.44. The number of piperidine rings is 3. The van der Waals surface area contributed by atoms with E-state index in [2.05, 4.69) is 4.90 Å². The van der Waals surface area contributed by atoms with Crippen LogP contribution in [0.1, 0.15) is 44.6 Å². The van der Waals surface area contributed by atoms with Crippen LogP contribution in [0.15, 0.2) is 67.0 Å². The molecule has 13 heteroatoms. The van der Waals surface area contributed by atoms with Crippen molar-refractivity contribution in [2.45, 2.75) is 38.0 Å². The number of carbonyl (C=O) groups excluding carboxylic acids is 2. The van der Waals surface area contributed by atoms with Gasteiger partial charge in [-0.2, -0.15) is 0 Å². The van der Waals surface area contributed by atoms with Gasteiger partial charge < -0.3 is 18.9 Å². The fourth-order valence-corrected chi connectivity index (χ4v) is 7.99. The lowest BCUT2D eigenvalue weighted by atomic mass is 9.86. The van der Waals surface area contributed by atoms with Crippen molar-refractivity contribution in [1.82, 2.24) is 4.90 Å². The molecule has 0 aliphatic carbocycles. The van der Waals surface area contributed by atoms with Gasteiger partial charge in [0.25, 0.3) is 0 Å². The maximum Gasteiger partial charge on any atom is 0.415 e. The van der Waals surface area contributed by atoms with Crippen LogP contribution in [0.4, 0.5) is 14.9 Å². The van der Waals surface area contributed by atoms with Crippen LogP contribution in [0.5, 0.6) is 11.5 Å². The Labute approximate surface area is 298 Å². The monoisotopic (exact) mass is 728 g/mol. The number of carbonyl (C=O) groups is 2. The van der Waals surface area contributed by atoms with E-state index in [4.69, 9.17) is 42.1 Å². The Kier molecular flexibility index (Phi) is 10.9. The van der Waals surface area contributed by atoms with Crippen molar-refractivity contribution in [3.63, 3.8) is 0 Å². The average molecular weight is 730 g/mol. The van der Waals surface area contributed by atoms with Gasteiger partial charge in [0.15, 0.2) is 23.9 Å². The number of benzene rings is 2. The van der Waals surface area contributed by atoms with Gasteiger partial charge in [-0.1, -0.05) is 41.4 Å². The first-order chi connectivity index (χ1) is 23.6. The average Bonchev–Trinajstić information content (AvgIpc) is 3.57. The summed E-state index contributed by atoms with van der Waals surface area (Å²) >= 11 is 14.3. The first kappa shape index (κ1) is 34.9. The van der Waals surface area contributed by atoms with E-state index in [0.29, 0.717) is 54.9 Å². The minimum atomic E-state index is -0.799. The molecule has 3 aliphatic rings. The van der Waals surface area contributed by atoms with Crippen LogP contribution >= 0.6 is 34.5 Å². The molecule has 2 aromatic heterocycles. The number of amides is 1. The van der Waals surface area contributed by atoms with E-state index in [1.165, 1.54) is 25.2 Å². The van der Waals surface area contributed by atoms with E-state index in [1.807, 2.05) is 7.05 Å².